The lowest BCUT2D eigenvalue weighted by Crippen LogP contribution is -2.54. The van der Waals surface area contributed by atoms with Crippen molar-refractivity contribution in [3.05, 3.63) is 29.1 Å². The van der Waals surface area contributed by atoms with E-state index >= 15 is 0 Å². The molecule has 0 saturated carbocycles. The molecule has 1 aromatic carbocycles. The minimum Gasteiger partial charge on any atom is -0.465 e. The summed E-state index contributed by atoms with van der Waals surface area (Å²) in [6.45, 7) is 0.758. The molecule has 1 saturated heterocycles. The molecule has 0 bridgehead atoms. The molecule has 1 atom stereocenters. The molecule has 1 heterocycles. The Hall–Kier alpha value is -1.93. The number of aryl methyl sites for hydroxylation is 1. The lowest BCUT2D eigenvalue weighted by molar-refractivity contribution is -0.175. The first-order valence-electron chi connectivity index (χ1n) is 7.06. The molecule has 0 radical (unpaired) electrons. The molecule has 0 spiro atoms. The Bertz CT molecular complexity index is 620. The highest BCUT2D eigenvalue weighted by atomic mass is 19.4. The highest BCUT2D eigenvalue weighted by Gasteiger charge is 2.52. The van der Waals surface area contributed by atoms with E-state index < -0.39 is 54.9 Å². The molecule has 1 aromatic rings. The molecular formula is C15H15F6NO2. The van der Waals surface area contributed by atoms with Crippen LogP contribution in [0.5, 0.6) is 0 Å². The molecule has 3 nitrogen and oxygen atoms in total. The number of benzene rings is 1. The van der Waals surface area contributed by atoms with E-state index in [1.54, 1.807) is 0 Å². The van der Waals surface area contributed by atoms with Crippen LogP contribution in [0.15, 0.2) is 12.1 Å². The number of nitrogens with zero attached hydrogens (tertiary/aromatic N) is 1. The molecule has 134 valence electrons. The largest absolute Gasteiger partial charge is 0.465 e. The van der Waals surface area contributed by atoms with Crippen LogP contribution >= 0.6 is 0 Å². The number of halogens is 6. The number of carbonyl (C=O) groups excluding carboxylic acids is 1. The van der Waals surface area contributed by atoms with Crippen LogP contribution in [0.3, 0.4) is 0 Å². The number of hydrogen-bond acceptors (Lipinski definition) is 3. The Morgan fingerprint density at radius 3 is 2.46 bits per heavy atom. The van der Waals surface area contributed by atoms with Crippen LogP contribution in [-0.4, -0.2) is 37.8 Å². The van der Waals surface area contributed by atoms with Gasteiger partial charge in [0.25, 0.3) is 5.92 Å². The van der Waals surface area contributed by atoms with E-state index in [0.717, 1.165) is 19.2 Å². The maximum absolute atomic E-state index is 14.1. The topological polar surface area (TPSA) is 29.5 Å². The lowest BCUT2D eigenvalue weighted by atomic mass is 9.96. The van der Waals surface area contributed by atoms with Gasteiger partial charge in [0.2, 0.25) is 0 Å². The third kappa shape index (κ3) is 3.59. The molecule has 0 aliphatic carbocycles. The molecule has 9 heteroatoms. The van der Waals surface area contributed by atoms with Gasteiger partial charge in [0.1, 0.15) is 11.9 Å². The van der Waals surface area contributed by atoms with Crippen molar-refractivity contribution in [3.8, 4) is 0 Å². The molecule has 1 aliphatic rings. The van der Waals surface area contributed by atoms with Crippen molar-refractivity contribution >= 4 is 11.7 Å². The van der Waals surface area contributed by atoms with Crippen LogP contribution in [-0.2, 0) is 4.74 Å². The van der Waals surface area contributed by atoms with Crippen LogP contribution in [0.1, 0.15) is 28.8 Å². The zero-order valence-electron chi connectivity index (χ0n) is 12.9. The van der Waals surface area contributed by atoms with Gasteiger partial charge in [-0.2, -0.15) is 13.2 Å². The number of hydrogen-bond donors (Lipinski definition) is 0. The number of alkyl halides is 5. The predicted octanol–water partition coefficient (Wildman–Crippen LogP) is 4.09. The number of esters is 1. The van der Waals surface area contributed by atoms with Gasteiger partial charge in [-0.05, 0) is 24.6 Å². The van der Waals surface area contributed by atoms with E-state index in [2.05, 4.69) is 4.74 Å². The quantitative estimate of drug-likeness (QED) is 0.591. The first kappa shape index (κ1) is 18.4. The van der Waals surface area contributed by atoms with E-state index in [-0.39, 0.29) is 11.3 Å². The van der Waals surface area contributed by atoms with Gasteiger partial charge in [-0.3, -0.25) is 0 Å². The van der Waals surface area contributed by atoms with Gasteiger partial charge in [0, 0.05) is 25.1 Å². The van der Waals surface area contributed by atoms with Gasteiger partial charge in [-0.1, -0.05) is 0 Å². The fourth-order valence-electron chi connectivity index (χ4n) is 2.79. The molecule has 2 rings (SSSR count). The summed E-state index contributed by atoms with van der Waals surface area (Å²) in [4.78, 5) is 12.2. The number of rotatable bonds is 2. The summed E-state index contributed by atoms with van der Waals surface area (Å²) >= 11 is 0. The second-order valence-electron chi connectivity index (χ2n) is 5.67. The SMILES string of the molecule is COC(=O)c1c(C)cc(N2CCC(F)(F)C[C@H]2C(F)(F)F)cc1F. The van der Waals surface area contributed by atoms with E-state index in [9.17, 15) is 31.1 Å². The number of piperidine rings is 1. The standard InChI is InChI=1S/C15H15F6NO2/c1-8-5-9(6-10(16)12(8)13(23)24-2)22-4-3-14(17,18)7-11(22)15(19,20)21/h5-6,11H,3-4,7H2,1-2H3/t11-/m0/s1. The number of methoxy groups -OCH3 is 1. The van der Waals surface area contributed by atoms with Gasteiger partial charge in [-0.25, -0.2) is 18.0 Å². The normalized spacial score (nSPS) is 20.8. The van der Waals surface area contributed by atoms with Gasteiger partial charge in [-0.15, -0.1) is 0 Å². The van der Waals surface area contributed by atoms with Crippen LogP contribution in [0.4, 0.5) is 32.0 Å². The highest BCUT2D eigenvalue weighted by Crippen LogP contribution is 2.41. The molecule has 1 aliphatic heterocycles. The van der Waals surface area contributed by atoms with Crippen molar-refractivity contribution in [1.29, 1.82) is 0 Å². The summed E-state index contributed by atoms with van der Waals surface area (Å²) in [6, 6.07) is -0.525. The Labute approximate surface area is 134 Å². The summed E-state index contributed by atoms with van der Waals surface area (Å²) < 4.78 is 84.7. The minimum atomic E-state index is -4.89. The first-order valence-corrected chi connectivity index (χ1v) is 7.06. The van der Waals surface area contributed by atoms with E-state index in [1.807, 2.05) is 0 Å². The van der Waals surface area contributed by atoms with E-state index in [1.165, 1.54) is 6.92 Å². The Kier molecular flexibility index (Phi) is 4.74. The highest BCUT2D eigenvalue weighted by molar-refractivity contribution is 5.91. The second-order valence-corrected chi connectivity index (χ2v) is 5.67. The summed E-state index contributed by atoms with van der Waals surface area (Å²) in [7, 11) is 1.04. The zero-order valence-corrected chi connectivity index (χ0v) is 12.9. The Morgan fingerprint density at radius 2 is 1.96 bits per heavy atom. The van der Waals surface area contributed by atoms with E-state index in [0.29, 0.717) is 4.90 Å². The Morgan fingerprint density at radius 1 is 1.33 bits per heavy atom. The average Bonchev–Trinajstić information content (AvgIpc) is 2.44. The third-order valence-corrected chi connectivity index (χ3v) is 3.96. The molecule has 24 heavy (non-hydrogen) atoms. The maximum atomic E-state index is 14.1. The van der Waals surface area contributed by atoms with Crippen molar-refractivity contribution < 1.29 is 35.9 Å². The number of ether oxygens (including phenoxy) is 1. The summed E-state index contributed by atoms with van der Waals surface area (Å²) in [5, 5.41) is 0. The number of anilines is 1. The molecule has 0 aromatic heterocycles. The van der Waals surface area contributed by atoms with Crippen LogP contribution in [0.25, 0.3) is 0 Å². The van der Waals surface area contributed by atoms with Gasteiger partial charge in [0.05, 0.1) is 12.7 Å². The first-order chi connectivity index (χ1) is 11.0. The van der Waals surface area contributed by atoms with Crippen molar-refractivity contribution in [2.75, 3.05) is 18.6 Å². The van der Waals surface area contributed by atoms with Crippen molar-refractivity contribution in [1.82, 2.24) is 0 Å². The minimum absolute atomic E-state index is 0.0649. The zero-order chi connectivity index (χ0) is 18.3. The maximum Gasteiger partial charge on any atom is 0.408 e. The van der Waals surface area contributed by atoms with Crippen LogP contribution in [0.2, 0.25) is 0 Å². The van der Waals surface area contributed by atoms with Crippen molar-refractivity contribution in [2.45, 2.75) is 37.9 Å². The van der Waals surface area contributed by atoms with Gasteiger partial charge >= 0.3 is 12.1 Å². The second kappa shape index (κ2) is 6.18. The van der Waals surface area contributed by atoms with Crippen LogP contribution in [0, 0.1) is 12.7 Å². The summed E-state index contributed by atoms with van der Waals surface area (Å²) in [5.74, 6) is -5.46. The molecule has 0 N–H and O–H groups in total. The van der Waals surface area contributed by atoms with Crippen molar-refractivity contribution in [2.24, 2.45) is 0 Å². The third-order valence-electron chi connectivity index (χ3n) is 3.96. The Balaban J connectivity index is 2.44. The summed E-state index contributed by atoms with van der Waals surface area (Å²) in [6.07, 6.45) is -7.05. The van der Waals surface area contributed by atoms with E-state index in [4.69, 9.17) is 0 Å². The molecule has 1 fully saturated rings. The molecule has 0 amide bonds. The van der Waals surface area contributed by atoms with Gasteiger partial charge < -0.3 is 9.64 Å². The number of carbonyl (C=O) groups is 1. The fourth-order valence-corrected chi connectivity index (χ4v) is 2.79. The van der Waals surface area contributed by atoms with Gasteiger partial charge in [0.15, 0.2) is 0 Å². The molecule has 0 unspecified atom stereocenters. The predicted molar refractivity (Wildman–Crippen MR) is 73.8 cm³/mol. The lowest BCUT2D eigenvalue weighted by Gasteiger charge is -2.41. The van der Waals surface area contributed by atoms with Crippen molar-refractivity contribution in [3.63, 3.8) is 0 Å². The average molecular weight is 355 g/mol. The van der Waals surface area contributed by atoms with Crippen LogP contribution < -0.4 is 4.90 Å². The summed E-state index contributed by atoms with van der Waals surface area (Å²) in [5.41, 5.74) is -0.530. The fraction of sp³-hybridized carbons (Fsp3) is 0.533. The molecular weight excluding hydrogens is 340 g/mol. The monoisotopic (exact) mass is 355 g/mol. The smallest absolute Gasteiger partial charge is 0.408 e.